The molecule has 0 aromatic rings. The fraction of sp³-hybridized carbons (Fsp3) is 1.00. The summed E-state index contributed by atoms with van der Waals surface area (Å²) in [4.78, 5) is 0. The molecule has 1 unspecified atom stereocenters. The Hall–Kier alpha value is 0.640. The standard InChI is InChI=1S/C7H15ClS/c1-3-4-5-7(6-8)9-2/h7H,3-6H2,1-2H3. The third-order valence-corrected chi connectivity index (χ3v) is 3.01. The number of hydrogen-bond acceptors (Lipinski definition) is 1. The van der Waals surface area contributed by atoms with Crippen LogP contribution >= 0.6 is 23.4 Å². The molecule has 0 aliphatic carbocycles. The van der Waals surface area contributed by atoms with Gasteiger partial charge in [-0.3, -0.25) is 0 Å². The minimum atomic E-state index is 0.687. The summed E-state index contributed by atoms with van der Waals surface area (Å²) in [6.07, 6.45) is 6.01. The topological polar surface area (TPSA) is 0 Å². The van der Waals surface area contributed by atoms with Crippen LogP contribution in [0.3, 0.4) is 0 Å². The van der Waals surface area contributed by atoms with Gasteiger partial charge in [0.15, 0.2) is 0 Å². The molecule has 0 fully saturated rings. The summed E-state index contributed by atoms with van der Waals surface area (Å²) in [5.41, 5.74) is 0. The summed E-state index contributed by atoms with van der Waals surface area (Å²) < 4.78 is 0. The van der Waals surface area contributed by atoms with Gasteiger partial charge in [0.25, 0.3) is 0 Å². The minimum absolute atomic E-state index is 0.687. The third kappa shape index (κ3) is 5.10. The molecule has 0 aromatic heterocycles. The van der Waals surface area contributed by atoms with Crippen molar-refractivity contribution in [3.05, 3.63) is 0 Å². The van der Waals surface area contributed by atoms with Crippen molar-refractivity contribution in [3.8, 4) is 0 Å². The van der Waals surface area contributed by atoms with Gasteiger partial charge in [-0.05, 0) is 12.7 Å². The zero-order chi connectivity index (χ0) is 7.11. The van der Waals surface area contributed by atoms with Gasteiger partial charge in [0.1, 0.15) is 0 Å². The van der Waals surface area contributed by atoms with Crippen molar-refractivity contribution >= 4 is 23.4 Å². The van der Waals surface area contributed by atoms with E-state index < -0.39 is 0 Å². The summed E-state index contributed by atoms with van der Waals surface area (Å²) in [6, 6.07) is 0. The quantitative estimate of drug-likeness (QED) is 0.566. The smallest absolute Gasteiger partial charge is 0.0342 e. The molecule has 0 amide bonds. The van der Waals surface area contributed by atoms with Crippen LogP contribution in [0.15, 0.2) is 0 Å². The minimum Gasteiger partial charge on any atom is -0.161 e. The predicted octanol–water partition coefficient (Wildman–Crippen LogP) is 3.15. The molecule has 0 saturated carbocycles. The molecule has 2 heteroatoms. The highest BCUT2D eigenvalue weighted by Gasteiger charge is 2.02. The molecule has 0 spiro atoms. The zero-order valence-electron chi connectivity index (χ0n) is 6.19. The van der Waals surface area contributed by atoms with Gasteiger partial charge >= 0.3 is 0 Å². The first-order valence-corrected chi connectivity index (χ1v) is 5.26. The van der Waals surface area contributed by atoms with E-state index in [-0.39, 0.29) is 0 Å². The lowest BCUT2D eigenvalue weighted by molar-refractivity contribution is 0.716. The molecular formula is C7H15ClS. The summed E-state index contributed by atoms with van der Waals surface area (Å²) in [5.74, 6) is 0.807. The molecule has 1 atom stereocenters. The monoisotopic (exact) mass is 166 g/mol. The van der Waals surface area contributed by atoms with E-state index in [0.717, 1.165) is 5.88 Å². The van der Waals surface area contributed by atoms with Gasteiger partial charge in [-0.1, -0.05) is 19.8 Å². The molecule has 0 bridgehead atoms. The Kier molecular flexibility index (Phi) is 7.24. The number of unbranched alkanes of at least 4 members (excludes halogenated alkanes) is 1. The van der Waals surface area contributed by atoms with Crippen molar-refractivity contribution < 1.29 is 0 Å². The Morgan fingerprint density at radius 1 is 1.56 bits per heavy atom. The molecule has 0 aliphatic rings. The second-order valence-corrected chi connectivity index (χ2v) is 3.60. The molecule has 0 saturated heterocycles. The summed E-state index contributed by atoms with van der Waals surface area (Å²) in [6.45, 7) is 2.21. The van der Waals surface area contributed by atoms with Crippen LogP contribution in [0.5, 0.6) is 0 Å². The van der Waals surface area contributed by atoms with Crippen molar-refractivity contribution in [1.82, 2.24) is 0 Å². The maximum atomic E-state index is 5.68. The van der Waals surface area contributed by atoms with Crippen LogP contribution in [-0.4, -0.2) is 17.4 Å². The fourth-order valence-electron chi connectivity index (χ4n) is 0.690. The second kappa shape index (κ2) is 6.76. The van der Waals surface area contributed by atoms with Crippen LogP contribution in [0.4, 0.5) is 0 Å². The molecule has 0 aliphatic heterocycles. The lowest BCUT2D eigenvalue weighted by Gasteiger charge is -2.07. The van der Waals surface area contributed by atoms with Crippen molar-refractivity contribution in [3.63, 3.8) is 0 Å². The van der Waals surface area contributed by atoms with E-state index in [1.807, 2.05) is 11.8 Å². The molecule has 56 valence electrons. The van der Waals surface area contributed by atoms with Crippen LogP contribution in [0.25, 0.3) is 0 Å². The summed E-state index contributed by atoms with van der Waals surface area (Å²) >= 11 is 7.56. The lowest BCUT2D eigenvalue weighted by Crippen LogP contribution is -2.02. The number of alkyl halides is 1. The van der Waals surface area contributed by atoms with E-state index in [1.165, 1.54) is 19.3 Å². The predicted molar refractivity (Wildman–Crippen MR) is 47.5 cm³/mol. The van der Waals surface area contributed by atoms with Crippen LogP contribution in [0, 0.1) is 0 Å². The van der Waals surface area contributed by atoms with E-state index in [4.69, 9.17) is 11.6 Å². The lowest BCUT2D eigenvalue weighted by atomic mass is 10.2. The van der Waals surface area contributed by atoms with Crippen molar-refractivity contribution in [2.24, 2.45) is 0 Å². The van der Waals surface area contributed by atoms with E-state index in [9.17, 15) is 0 Å². The highest BCUT2D eigenvalue weighted by atomic mass is 35.5. The Bertz CT molecular complexity index is 52.9. The summed E-state index contributed by atoms with van der Waals surface area (Å²) in [7, 11) is 0. The maximum absolute atomic E-state index is 5.68. The van der Waals surface area contributed by atoms with Crippen LogP contribution in [-0.2, 0) is 0 Å². The van der Waals surface area contributed by atoms with Crippen molar-refractivity contribution in [1.29, 1.82) is 0 Å². The van der Waals surface area contributed by atoms with Crippen molar-refractivity contribution in [2.75, 3.05) is 12.1 Å². The molecule has 9 heavy (non-hydrogen) atoms. The number of rotatable bonds is 5. The Labute approximate surface area is 67.4 Å². The van der Waals surface area contributed by atoms with Gasteiger partial charge in [-0.15, -0.1) is 11.6 Å². The average molecular weight is 167 g/mol. The van der Waals surface area contributed by atoms with E-state index >= 15 is 0 Å². The molecule has 0 nitrogen and oxygen atoms in total. The SMILES string of the molecule is CCCCC(CCl)SC. The zero-order valence-corrected chi connectivity index (χ0v) is 7.76. The van der Waals surface area contributed by atoms with Gasteiger partial charge in [0.2, 0.25) is 0 Å². The maximum Gasteiger partial charge on any atom is 0.0342 e. The molecule has 0 aromatic carbocycles. The fourth-order valence-corrected chi connectivity index (χ4v) is 1.75. The molecule has 0 radical (unpaired) electrons. The first kappa shape index (κ1) is 9.64. The van der Waals surface area contributed by atoms with Crippen molar-refractivity contribution in [2.45, 2.75) is 31.4 Å². The number of thioether (sulfide) groups is 1. The largest absolute Gasteiger partial charge is 0.161 e. The Morgan fingerprint density at radius 3 is 2.56 bits per heavy atom. The first-order valence-electron chi connectivity index (χ1n) is 3.43. The average Bonchev–Trinajstić information content (AvgIpc) is 1.91. The van der Waals surface area contributed by atoms with Gasteiger partial charge in [-0.25, -0.2) is 0 Å². The van der Waals surface area contributed by atoms with Gasteiger partial charge in [0.05, 0.1) is 0 Å². The number of hydrogen-bond donors (Lipinski definition) is 0. The first-order chi connectivity index (χ1) is 4.35. The molecular weight excluding hydrogens is 152 g/mol. The second-order valence-electron chi connectivity index (χ2n) is 2.15. The molecule has 0 rings (SSSR count). The highest BCUT2D eigenvalue weighted by molar-refractivity contribution is 7.99. The Morgan fingerprint density at radius 2 is 2.22 bits per heavy atom. The van der Waals surface area contributed by atoms with Gasteiger partial charge in [0, 0.05) is 11.1 Å². The molecule has 0 N–H and O–H groups in total. The Balaban J connectivity index is 3.09. The van der Waals surface area contributed by atoms with Gasteiger partial charge < -0.3 is 0 Å². The van der Waals surface area contributed by atoms with Crippen LogP contribution in [0.2, 0.25) is 0 Å². The van der Waals surface area contributed by atoms with Gasteiger partial charge in [-0.2, -0.15) is 11.8 Å². The summed E-state index contributed by atoms with van der Waals surface area (Å²) in [5, 5.41) is 0.687. The third-order valence-electron chi connectivity index (χ3n) is 1.39. The number of halogens is 1. The van der Waals surface area contributed by atoms with E-state index in [0.29, 0.717) is 5.25 Å². The highest BCUT2D eigenvalue weighted by Crippen LogP contribution is 2.15. The van der Waals surface area contributed by atoms with Crippen LogP contribution in [0.1, 0.15) is 26.2 Å². The van der Waals surface area contributed by atoms with E-state index in [2.05, 4.69) is 13.2 Å². The van der Waals surface area contributed by atoms with Crippen LogP contribution < -0.4 is 0 Å². The van der Waals surface area contributed by atoms with E-state index in [1.54, 1.807) is 0 Å². The normalized spacial score (nSPS) is 13.7. The molecule has 0 heterocycles.